The van der Waals surface area contributed by atoms with Crippen molar-refractivity contribution in [2.45, 2.75) is 253 Å². The number of allylic oxidation sites excluding steroid dienone is 2. The molecule has 5 saturated heterocycles. The number of carbonyl (C=O) groups excluding carboxylic acids is 1. The van der Waals surface area contributed by atoms with E-state index < -0.39 is 215 Å². The summed E-state index contributed by atoms with van der Waals surface area (Å²) in [6.07, 6.45) is -28.9. The van der Waals surface area contributed by atoms with Crippen molar-refractivity contribution in [1.82, 2.24) is 0 Å². The maximum Gasteiger partial charge on any atom is 1.00 e. The molecule has 496 valence electrons. The van der Waals surface area contributed by atoms with Gasteiger partial charge in [0, 0.05) is 12.5 Å². The van der Waals surface area contributed by atoms with E-state index in [4.69, 9.17) is 47.4 Å². The summed E-state index contributed by atoms with van der Waals surface area (Å²) in [6.45, 7) is 12.2. The van der Waals surface area contributed by atoms with Gasteiger partial charge in [0.2, 0.25) is 20.8 Å². The van der Waals surface area contributed by atoms with Crippen molar-refractivity contribution in [3.63, 3.8) is 0 Å². The van der Waals surface area contributed by atoms with Crippen LogP contribution < -0.4 is 59.1 Å². The van der Waals surface area contributed by atoms with Crippen LogP contribution in [0.5, 0.6) is 0 Å². The predicted molar refractivity (Wildman–Crippen MR) is 285 cm³/mol. The summed E-state index contributed by atoms with van der Waals surface area (Å²) in [5, 5.41) is 115. The van der Waals surface area contributed by atoms with Crippen LogP contribution in [-0.2, 0) is 81.3 Å². The second-order valence-corrected chi connectivity index (χ2v) is 28.9. The van der Waals surface area contributed by atoms with Crippen LogP contribution in [0.1, 0.15) is 113 Å². The first-order valence-corrected chi connectivity index (χ1v) is 32.3. The number of esters is 1. The van der Waals surface area contributed by atoms with Crippen molar-refractivity contribution in [2.24, 2.45) is 39.4 Å². The molecule has 0 aromatic carbocycles. The summed E-state index contributed by atoms with van der Waals surface area (Å²) >= 11 is 0. The summed E-state index contributed by atoms with van der Waals surface area (Å²) in [6, 6.07) is 0. The SMILES string of the molecule is CO[C@@H]1[C@@H](O)[C@H](CO[C@@H]2[C@@H](O)[C@H](O[C@H]3[C@H](O)[C@@H](O)[C@H](O[C@H]4[C@H](O[C@H]5CC[C@@]6(C)C(CC=C7[C@@H]6C[C@H](O)[C@]68C(=O)O[C@@](C)(CCCC(C)C)[C@@]6(O)CC[C@@]78C)C5(C)C)OC[C@@H](OS(=O)(=O)[O-])[C@@H]4O)O[C@@H]3C)O[C@H](COS(=O)(=O)[O-])[C@H]2O)O[C@H](CO)[C@H]1O.[Na+].[Na+]. The molecule has 5 heterocycles. The largest absolute Gasteiger partial charge is 1.00 e. The van der Waals surface area contributed by atoms with Crippen LogP contribution >= 0.6 is 0 Å². The minimum atomic E-state index is -5.48. The molecule has 9 rings (SSSR count). The molecule has 5 aliphatic heterocycles. The monoisotopic (exact) mass is 1320 g/mol. The fourth-order valence-corrected chi connectivity index (χ4v) is 17.5. The average Bonchev–Trinajstić information content (AvgIpc) is 1.44. The Morgan fingerprint density at radius 2 is 1.35 bits per heavy atom. The zero-order valence-electron chi connectivity index (χ0n) is 51.7. The van der Waals surface area contributed by atoms with Gasteiger partial charge in [-0.3, -0.25) is 13.2 Å². The Kier molecular flexibility index (Phi) is 24.0. The van der Waals surface area contributed by atoms with Crippen molar-refractivity contribution < 1.29 is 197 Å². The van der Waals surface area contributed by atoms with Gasteiger partial charge >= 0.3 is 65.1 Å². The number of ether oxygens (including phenoxy) is 10. The van der Waals surface area contributed by atoms with E-state index in [1.807, 2.05) is 20.8 Å². The molecule has 0 aromatic rings. The van der Waals surface area contributed by atoms with Crippen molar-refractivity contribution in [3.05, 3.63) is 11.6 Å². The summed E-state index contributed by atoms with van der Waals surface area (Å²) in [5.41, 5.74) is -5.62. The summed E-state index contributed by atoms with van der Waals surface area (Å²) in [4.78, 5) is 14.5. The normalized spacial score (nSPS) is 48.4. The standard InChI is InChI=1S/C55H90O29S2.2Na/c1-24(2)11-10-15-53(8)54(66)18-17-52(7)26-12-13-32-50(4,5)34(14-16-51(32,6)27(26)19-33(57)55(52,54)49(65)83-53)80-48-45(38(61)31(22-75-48)84-86(70,71)72)82-46-40(63)39(62)42(25(3)77-46)81-47-41(64)44(37(60)30(79-47)23-76-85(67,68)69)74-21-29-36(59)43(73-9)35(58)28(20-56)78-29;;/h12,24-25,27-48,56-64,66H,10-11,13-23H2,1-9H3,(H,67,68,69)(H,70,71,72);;/q;2*+1/p-2/t25-,27+,28-,29+,30-,31-,32?,33+,34+,35-,36+,37-,38+,39-,40-,41-,42-,43+,44+,45-,46+,47+,48+,51-,52+,53+,54+,55-;;/m1../s1. The zero-order valence-corrected chi connectivity index (χ0v) is 57.3. The molecule has 1 unspecified atom stereocenters. The fourth-order valence-electron chi connectivity index (χ4n) is 16.7. The van der Waals surface area contributed by atoms with Gasteiger partial charge < -0.3 is 108 Å². The molecule has 0 aromatic heterocycles. The molecule has 33 heteroatoms. The van der Waals surface area contributed by atoms with Gasteiger partial charge in [0.15, 0.2) is 18.9 Å². The van der Waals surface area contributed by atoms with E-state index in [9.17, 15) is 81.8 Å². The van der Waals surface area contributed by atoms with Crippen molar-refractivity contribution in [2.75, 3.05) is 33.5 Å². The number of hydrogen-bond acceptors (Lipinski definition) is 29. The number of rotatable bonds is 20. The number of aliphatic hydroxyl groups is 10. The Morgan fingerprint density at radius 1 is 0.727 bits per heavy atom. The minimum Gasteiger partial charge on any atom is -0.726 e. The van der Waals surface area contributed by atoms with Crippen molar-refractivity contribution >= 4 is 26.8 Å². The second-order valence-electron chi connectivity index (χ2n) is 26.9. The number of fused-ring (bicyclic) bond motifs is 4. The molecule has 3 saturated carbocycles. The van der Waals surface area contributed by atoms with Crippen LogP contribution in [0.15, 0.2) is 11.6 Å². The van der Waals surface area contributed by atoms with E-state index in [2.05, 4.69) is 35.2 Å². The van der Waals surface area contributed by atoms with E-state index in [1.54, 1.807) is 6.92 Å². The average molecular weight is 1320 g/mol. The topological polar surface area (TPSA) is 445 Å². The molecule has 0 bridgehead atoms. The molecule has 28 atom stereocenters. The van der Waals surface area contributed by atoms with Crippen LogP contribution in [-0.4, -0.2) is 256 Å². The first-order chi connectivity index (χ1) is 39.9. The van der Waals surface area contributed by atoms with Crippen LogP contribution in [0, 0.1) is 39.4 Å². The molecule has 0 amide bonds. The molecule has 8 fully saturated rings. The third kappa shape index (κ3) is 13.4. The predicted octanol–water partition coefficient (Wildman–Crippen LogP) is -8.20. The number of methoxy groups -OCH3 is 1. The molecular weight excluding hydrogens is 1230 g/mol. The maximum atomic E-state index is 14.5. The van der Waals surface area contributed by atoms with Gasteiger partial charge in [-0.2, -0.15) is 0 Å². The smallest absolute Gasteiger partial charge is 0.726 e. The van der Waals surface area contributed by atoms with Crippen LogP contribution in [0.3, 0.4) is 0 Å². The Morgan fingerprint density at radius 3 is 1.98 bits per heavy atom. The van der Waals surface area contributed by atoms with Gasteiger partial charge in [-0.05, 0) is 93.8 Å². The number of cyclic esters (lactones) is 1. The molecule has 0 radical (unpaired) electrons. The summed E-state index contributed by atoms with van der Waals surface area (Å²) < 4.78 is 139. The molecule has 29 nitrogen and oxygen atoms in total. The zero-order chi connectivity index (χ0) is 63.4. The summed E-state index contributed by atoms with van der Waals surface area (Å²) in [7, 11) is -9.72. The van der Waals surface area contributed by atoms with Gasteiger partial charge in [-0.15, -0.1) is 0 Å². The third-order valence-electron chi connectivity index (χ3n) is 21.3. The first kappa shape index (κ1) is 75.6. The van der Waals surface area contributed by atoms with E-state index >= 15 is 0 Å². The molecule has 1 spiro atoms. The van der Waals surface area contributed by atoms with Crippen LogP contribution in [0.2, 0.25) is 0 Å². The number of carbonyl (C=O) groups is 1. The van der Waals surface area contributed by atoms with Crippen molar-refractivity contribution in [1.29, 1.82) is 0 Å². The van der Waals surface area contributed by atoms with Gasteiger partial charge in [-0.1, -0.05) is 59.6 Å². The van der Waals surface area contributed by atoms with Gasteiger partial charge in [0.25, 0.3) is 0 Å². The molecule has 10 N–H and O–H groups in total. The van der Waals surface area contributed by atoms with Gasteiger partial charge in [0.05, 0.1) is 44.7 Å². The molecule has 4 aliphatic carbocycles. The maximum absolute atomic E-state index is 14.5. The Balaban J connectivity index is 0.00000552. The van der Waals surface area contributed by atoms with Crippen molar-refractivity contribution in [3.8, 4) is 0 Å². The van der Waals surface area contributed by atoms with E-state index in [0.29, 0.717) is 38.0 Å². The van der Waals surface area contributed by atoms with E-state index in [1.165, 1.54) is 14.0 Å². The van der Waals surface area contributed by atoms with E-state index in [0.717, 1.165) is 18.4 Å². The van der Waals surface area contributed by atoms with Gasteiger partial charge in [-0.25, -0.2) is 16.8 Å². The van der Waals surface area contributed by atoms with E-state index in [-0.39, 0.29) is 83.8 Å². The van der Waals surface area contributed by atoms with Crippen LogP contribution in [0.25, 0.3) is 0 Å². The molecule has 88 heavy (non-hydrogen) atoms. The molecular formula is C55H88Na2O29S2. The Bertz CT molecular complexity index is 2680. The quantitative estimate of drug-likeness (QED) is 0.0178. The van der Waals surface area contributed by atoms with Crippen LogP contribution in [0.4, 0.5) is 0 Å². The fraction of sp³-hybridized carbons (Fsp3) is 0.945. The number of aliphatic hydroxyl groups excluding tert-OH is 9. The summed E-state index contributed by atoms with van der Waals surface area (Å²) in [5.74, 6) is -0.570. The minimum absolute atomic E-state index is 0. The Labute approximate surface area is 557 Å². The number of hydrogen-bond donors (Lipinski definition) is 10. The third-order valence-corrected chi connectivity index (χ3v) is 22.2. The van der Waals surface area contributed by atoms with Gasteiger partial charge in [0.1, 0.15) is 108 Å². The Hall–Kier alpha value is 0.190. The first-order valence-electron chi connectivity index (χ1n) is 29.6. The second kappa shape index (κ2) is 28.0. The molecule has 9 aliphatic rings.